The molecule has 0 bridgehead atoms. The second-order valence-corrected chi connectivity index (χ2v) is 5.75. The number of imidazole rings is 1. The highest BCUT2D eigenvalue weighted by Crippen LogP contribution is 2.30. The van der Waals surface area contributed by atoms with E-state index in [1.165, 1.54) is 23.9 Å². The molecule has 0 radical (unpaired) electrons. The van der Waals surface area contributed by atoms with Crippen LogP contribution in [0.4, 0.5) is 4.39 Å². The number of fused-ring (bicyclic) bond motifs is 1. The molecule has 21 heavy (non-hydrogen) atoms. The van der Waals surface area contributed by atoms with E-state index in [1.54, 1.807) is 6.07 Å². The SMILES string of the molecule is Cc1ccc2nc(Sc3ccc(F)cc3C(=N)N)[nH]c2c1. The predicted molar refractivity (Wildman–Crippen MR) is 82.4 cm³/mol. The molecular formula is C15H13FN4S. The average Bonchev–Trinajstić information content (AvgIpc) is 2.82. The molecule has 4 nitrogen and oxygen atoms in total. The third-order valence-corrected chi connectivity index (χ3v) is 4.02. The summed E-state index contributed by atoms with van der Waals surface area (Å²) in [5, 5.41) is 8.23. The van der Waals surface area contributed by atoms with Crippen molar-refractivity contribution >= 4 is 28.6 Å². The zero-order valence-corrected chi connectivity index (χ0v) is 12.1. The highest BCUT2D eigenvalue weighted by molar-refractivity contribution is 7.99. The van der Waals surface area contributed by atoms with Crippen LogP contribution in [0.15, 0.2) is 46.5 Å². The number of nitrogen functional groups attached to an aromatic ring is 1. The maximum Gasteiger partial charge on any atom is 0.171 e. The highest BCUT2D eigenvalue weighted by Gasteiger charge is 2.11. The summed E-state index contributed by atoms with van der Waals surface area (Å²) in [7, 11) is 0. The smallest absolute Gasteiger partial charge is 0.171 e. The number of rotatable bonds is 3. The molecule has 1 aromatic heterocycles. The molecule has 106 valence electrons. The van der Waals surface area contributed by atoms with E-state index in [9.17, 15) is 4.39 Å². The fourth-order valence-corrected chi connectivity index (χ4v) is 2.98. The van der Waals surface area contributed by atoms with Crippen molar-refractivity contribution in [3.63, 3.8) is 0 Å². The second-order valence-electron chi connectivity index (χ2n) is 4.72. The van der Waals surface area contributed by atoms with Gasteiger partial charge in [-0.25, -0.2) is 9.37 Å². The molecule has 0 atom stereocenters. The number of nitrogens with one attached hydrogen (secondary N) is 2. The van der Waals surface area contributed by atoms with Gasteiger partial charge in [0.25, 0.3) is 0 Å². The quantitative estimate of drug-likeness (QED) is 0.512. The molecule has 2 aromatic carbocycles. The summed E-state index contributed by atoms with van der Waals surface area (Å²) in [6.07, 6.45) is 0. The van der Waals surface area contributed by atoms with Gasteiger partial charge in [0.15, 0.2) is 5.16 Å². The minimum atomic E-state index is -0.412. The second kappa shape index (κ2) is 5.21. The highest BCUT2D eigenvalue weighted by atomic mass is 32.2. The maximum atomic E-state index is 13.3. The molecule has 3 rings (SSSR count). The van der Waals surface area contributed by atoms with Crippen molar-refractivity contribution in [1.82, 2.24) is 9.97 Å². The lowest BCUT2D eigenvalue weighted by molar-refractivity contribution is 0.626. The van der Waals surface area contributed by atoms with Gasteiger partial charge in [0.05, 0.1) is 11.0 Å². The van der Waals surface area contributed by atoms with Crippen molar-refractivity contribution in [2.75, 3.05) is 0 Å². The Morgan fingerprint density at radius 1 is 1.29 bits per heavy atom. The summed E-state index contributed by atoms with van der Waals surface area (Å²) in [6, 6.07) is 10.2. The summed E-state index contributed by atoms with van der Waals surface area (Å²) in [5.74, 6) is -0.575. The van der Waals surface area contributed by atoms with Crippen molar-refractivity contribution < 1.29 is 4.39 Å². The number of nitrogens with zero attached hydrogens (tertiary/aromatic N) is 1. The molecule has 0 unspecified atom stereocenters. The van der Waals surface area contributed by atoms with Gasteiger partial charge in [-0.05, 0) is 42.8 Å². The molecule has 0 amide bonds. The van der Waals surface area contributed by atoms with E-state index in [0.29, 0.717) is 15.6 Å². The topological polar surface area (TPSA) is 78.6 Å². The van der Waals surface area contributed by atoms with E-state index in [2.05, 4.69) is 9.97 Å². The molecular weight excluding hydrogens is 287 g/mol. The molecule has 0 aliphatic carbocycles. The van der Waals surface area contributed by atoms with Crippen LogP contribution in [-0.2, 0) is 0 Å². The molecule has 0 saturated heterocycles. The number of aromatic amines is 1. The third-order valence-electron chi connectivity index (χ3n) is 3.05. The number of aryl methyl sites for hydroxylation is 1. The van der Waals surface area contributed by atoms with Gasteiger partial charge >= 0.3 is 0 Å². The van der Waals surface area contributed by atoms with Crippen LogP contribution in [0.1, 0.15) is 11.1 Å². The number of aromatic nitrogens is 2. The Morgan fingerprint density at radius 2 is 2.10 bits per heavy atom. The van der Waals surface area contributed by atoms with Crippen LogP contribution in [0.5, 0.6) is 0 Å². The monoisotopic (exact) mass is 300 g/mol. The largest absolute Gasteiger partial charge is 0.384 e. The molecule has 0 aliphatic rings. The lowest BCUT2D eigenvalue weighted by Gasteiger charge is -2.06. The third kappa shape index (κ3) is 2.75. The predicted octanol–water partition coefficient (Wildman–Crippen LogP) is 3.45. The summed E-state index contributed by atoms with van der Waals surface area (Å²) in [6.45, 7) is 2.01. The van der Waals surface area contributed by atoms with E-state index in [-0.39, 0.29) is 5.84 Å². The number of hydrogen-bond donors (Lipinski definition) is 3. The Hall–Kier alpha value is -2.34. The van der Waals surface area contributed by atoms with Crippen molar-refractivity contribution in [2.24, 2.45) is 5.73 Å². The first-order valence-corrected chi connectivity index (χ1v) is 7.13. The van der Waals surface area contributed by atoms with E-state index in [4.69, 9.17) is 11.1 Å². The van der Waals surface area contributed by atoms with Crippen LogP contribution in [0.2, 0.25) is 0 Å². The fourth-order valence-electron chi connectivity index (χ4n) is 2.05. The number of halogens is 1. The first kappa shape index (κ1) is 13.6. The van der Waals surface area contributed by atoms with Crippen molar-refractivity contribution in [1.29, 1.82) is 5.41 Å². The Kier molecular flexibility index (Phi) is 3.39. The minimum absolute atomic E-state index is 0.163. The average molecular weight is 300 g/mol. The van der Waals surface area contributed by atoms with Gasteiger partial charge in [-0.15, -0.1) is 0 Å². The minimum Gasteiger partial charge on any atom is -0.384 e. The Morgan fingerprint density at radius 3 is 2.86 bits per heavy atom. The standard InChI is InChI=1S/C15H13FN4S/c1-8-2-4-11-12(6-8)20-15(19-11)21-13-5-3-9(16)7-10(13)14(17)18/h2-7H,1H3,(H3,17,18)(H,19,20). The summed E-state index contributed by atoms with van der Waals surface area (Å²) >= 11 is 1.33. The molecule has 0 saturated carbocycles. The van der Waals surface area contributed by atoms with Crippen LogP contribution < -0.4 is 5.73 Å². The van der Waals surface area contributed by atoms with Crippen LogP contribution in [0.25, 0.3) is 11.0 Å². The van der Waals surface area contributed by atoms with Crippen LogP contribution in [-0.4, -0.2) is 15.8 Å². The van der Waals surface area contributed by atoms with E-state index in [1.807, 2.05) is 25.1 Å². The van der Waals surface area contributed by atoms with Crippen LogP contribution in [0, 0.1) is 18.2 Å². The Labute approximate surface area is 125 Å². The van der Waals surface area contributed by atoms with Gasteiger partial charge in [0.2, 0.25) is 0 Å². The summed E-state index contributed by atoms with van der Waals surface area (Å²) in [5.41, 5.74) is 8.84. The molecule has 0 fully saturated rings. The van der Waals surface area contributed by atoms with Crippen molar-refractivity contribution in [3.8, 4) is 0 Å². The van der Waals surface area contributed by atoms with Gasteiger partial charge in [-0.3, -0.25) is 5.41 Å². The van der Waals surface area contributed by atoms with E-state index >= 15 is 0 Å². The van der Waals surface area contributed by atoms with Crippen LogP contribution >= 0.6 is 11.8 Å². The van der Waals surface area contributed by atoms with E-state index in [0.717, 1.165) is 16.6 Å². The first-order chi connectivity index (χ1) is 10.0. The molecule has 0 spiro atoms. The summed E-state index contributed by atoms with van der Waals surface area (Å²) < 4.78 is 13.3. The zero-order valence-electron chi connectivity index (χ0n) is 11.3. The number of amidine groups is 1. The first-order valence-electron chi connectivity index (χ1n) is 6.31. The van der Waals surface area contributed by atoms with Crippen LogP contribution in [0.3, 0.4) is 0 Å². The Balaban J connectivity index is 2.00. The molecule has 0 aliphatic heterocycles. The lowest BCUT2D eigenvalue weighted by atomic mass is 10.2. The van der Waals surface area contributed by atoms with Gasteiger partial charge in [-0.1, -0.05) is 17.8 Å². The fraction of sp³-hybridized carbons (Fsp3) is 0.0667. The molecule has 1 heterocycles. The van der Waals surface area contributed by atoms with Crippen molar-refractivity contribution in [2.45, 2.75) is 17.0 Å². The number of H-pyrrole nitrogens is 1. The van der Waals surface area contributed by atoms with Gasteiger partial charge < -0.3 is 10.7 Å². The lowest BCUT2D eigenvalue weighted by Crippen LogP contribution is -2.12. The number of benzene rings is 2. The number of nitrogens with two attached hydrogens (primary N) is 1. The van der Waals surface area contributed by atoms with E-state index < -0.39 is 5.82 Å². The van der Waals surface area contributed by atoms with Gasteiger partial charge in [0, 0.05) is 10.5 Å². The summed E-state index contributed by atoms with van der Waals surface area (Å²) in [4.78, 5) is 8.38. The molecule has 3 aromatic rings. The molecule has 6 heteroatoms. The van der Waals surface area contributed by atoms with Gasteiger partial charge in [0.1, 0.15) is 11.7 Å². The molecule has 4 N–H and O–H groups in total. The zero-order chi connectivity index (χ0) is 15.0. The maximum absolute atomic E-state index is 13.3. The van der Waals surface area contributed by atoms with Crippen molar-refractivity contribution in [3.05, 3.63) is 53.3 Å². The Bertz CT molecular complexity index is 841. The number of hydrogen-bond acceptors (Lipinski definition) is 3. The van der Waals surface area contributed by atoms with Gasteiger partial charge in [-0.2, -0.15) is 0 Å². The normalized spacial score (nSPS) is 11.0.